The molecular weight excluding hydrogens is 320 g/mol. The second kappa shape index (κ2) is 7.24. The van der Waals surface area contributed by atoms with Crippen molar-refractivity contribution in [2.75, 3.05) is 0 Å². The fraction of sp³-hybridized carbons (Fsp3) is 0.435. The van der Waals surface area contributed by atoms with Crippen LogP contribution in [0.4, 0.5) is 0 Å². The van der Waals surface area contributed by atoms with E-state index in [2.05, 4.69) is 37.4 Å². The molecule has 2 aromatic carbocycles. The highest BCUT2D eigenvalue weighted by atomic mass is 16.2. The smallest absolute Gasteiger partial charge is 0.256 e. The Morgan fingerprint density at radius 1 is 1.00 bits per heavy atom. The first-order valence-electron chi connectivity index (χ1n) is 9.85. The summed E-state index contributed by atoms with van der Waals surface area (Å²) in [5, 5.41) is 3.86. The van der Waals surface area contributed by atoms with Gasteiger partial charge in [0.05, 0.1) is 0 Å². The van der Waals surface area contributed by atoms with Gasteiger partial charge in [-0.05, 0) is 29.9 Å². The molecule has 1 aliphatic carbocycles. The van der Waals surface area contributed by atoms with E-state index in [-0.39, 0.29) is 12.1 Å². The molecule has 2 aliphatic rings. The average Bonchev–Trinajstić information content (AvgIpc) is 2.92. The van der Waals surface area contributed by atoms with Gasteiger partial charge in [0.25, 0.3) is 5.91 Å². The summed E-state index contributed by atoms with van der Waals surface area (Å²) in [6, 6.07) is 18.8. The van der Waals surface area contributed by atoms with Crippen molar-refractivity contribution < 1.29 is 4.79 Å². The molecule has 1 fully saturated rings. The minimum atomic E-state index is -0.0309. The molecule has 0 aromatic heterocycles. The van der Waals surface area contributed by atoms with E-state index in [0.717, 1.165) is 17.0 Å². The maximum absolute atomic E-state index is 13.1. The number of carbonyl (C=O) groups is 1. The first-order chi connectivity index (χ1) is 12.6. The molecule has 4 atom stereocenters. The van der Waals surface area contributed by atoms with Gasteiger partial charge in [0.15, 0.2) is 0 Å². The lowest BCUT2D eigenvalue weighted by atomic mass is 9.78. The summed E-state index contributed by atoms with van der Waals surface area (Å²) in [6.07, 6.45) is 3.74. The molecule has 1 N–H and O–H groups in total. The van der Waals surface area contributed by atoms with Crippen molar-refractivity contribution in [1.29, 1.82) is 0 Å². The third kappa shape index (κ3) is 3.16. The van der Waals surface area contributed by atoms with Crippen molar-refractivity contribution in [1.82, 2.24) is 10.2 Å². The molecule has 1 heterocycles. The van der Waals surface area contributed by atoms with Crippen molar-refractivity contribution in [3.05, 3.63) is 71.3 Å². The maximum Gasteiger partial charge on any atom is 0.256 e. The van der Waals surface area contributed by atoms with E-state index in [1.807, 2.05) is 41.3 Å². The molecule has 0 spiro atoms. The lowest BCUT2D eigenvalue weighted by Crippen LogP contribution is -2.46. The molecule has 1 saturated carbocycles. The second-order valence-corrected chi connectivity index (χ2v) is 7.95. The first-order valence-corrected chi connectivity index (χ1v) is 9.85. The fourth-order valence-electron chi connectivity index (χ4n) is 4.51. The highest BCUT2D eigenvalue weighted by molar-refractivity contribution is 5.99. The Labute approximate surface area is 156 Å². The van der Waals surface area contributed by atoms with Crippen LogP contribution in [-0.2, 0) is 6.54 Å². The topological polar surface area (TPSA) is 32.3 Å². The van der Waals surface area contributed by atoms with Gasteiger partial charge in [-0.25, -0.2) is 0 Å². The zero-order valence-electron chi connectivity index (χ0n) is 15.7. The molecular formula is C23H28N2O. The number of hydrogen-bond donors (Lipinski definition) is 1. The Morgan fingerprint density at radius 2 is 1.73 bits per heavy atom. The van der Waals surface area contributed by atoms with Crippen molar-refractivity contribution in [3.63, 3.8) is 0 Å². The summed E-state index contributed by atoms with van der Waals surface area (Å²) < 4.78 is 0. The summed E-state index contributed by atoms with van der Waals surface area (Å²) in [6.45, 7) is 5.35. The molecule has 26 heavy (non-hydrogen) atoms. The molecule has 0 bridgehead atoms. The Bertz CT molecular complexity index is 773. The Balaban J connectivity index is 1.62. The number of rotatable bonds is 4. The number of carbonyl (C=O) groups excluding carboxylic acids is 1. The Hall–Kier alpha value is -2.13. The van der Waals surface area contributed by atoms with E-state index >= 15 is 0 Å². The third-order valence-electron chi connectivity index (χ3n) is 6.33. The molecule has 0 saturated heterocycles. The lowest BCUT2D eigenvalue weighted by molar-refractivity contribution is 0.0623. The number of amides is 1. The number of hydrogen-bond acceptors (Lipinski definition) is 2. The Morgan fingerprint density at radius 3 is 2.54 bits per heavy atom. The van der Waals surface area contributed by atoms with Gasteiger partial charge in [0.2, 0.25) is 0 Å². The summed E-state index contributed by atoms with van der Waals surface area (Å²) in [5.41, 5.74) is 3.14. The van der Waals surface area contributed by atoms with E-state index in [0.29, 0.717) is 18.5 Å². The monoisotopic (exact) mass is 348 g/mol. The average molecular weight is 348 g/mol. The van der Waals surface area contributed by atoms with Crippen molar-refractivity contribution >= 4 is 5.91 Å². The number of fused-ring (bicyclic) bond motifs is 1. The molecule has 3 nitrogen and oxygen atoms in total. The highest BCUT2D eigenvalue weighted by Gasteiger charge is 2.39. The largest absolute Gasteiger partial charge is 0.315 e. The van der Waals surface area contributed by atoms with Gasteiger partial charge in [0.1, 0.15) is 6.17 Å². The van der Waals surface area contributed by atoms with Crippen LogP contribution in [0.15, 0.2) is 54.6 Å². The van der Waals surface area contributed by atoms with Gasteiger partial charge in [-0.3, -0.25) is 10.1 Å². The number of nitrogens with zero attached hydrogens (tertiary/aromatic N) is 1. The molecule has 1 amide bonds. The van der Waals surface area contributed by atoms with E-state index in [1.54, 1.807) is 0 Å². The molecule has 2 aromatic rings. The standard InChI is InChI=1S/C23H28N2O/c1-16-9-8-14-21(17(16)2)24-22-19-12-6-7-13-20(19)23(26)25(22)15-18-10-4-3-5-11-18/h3-7,10-13,16-17,21-22,24H,8-9,14-15H2,1-2H3/t16-,17-,21+,22+/m1/s1. The molecule has 1 aliphatic heterocycles. The van der Waals surface area contributed by atoms with Gasteiger partial charge < -0.3 is 4.90 Å². The lowest BCUT2D eigenvalue weighted by Gasteiger charge is -2.38. The van der Waals surface area contributed by atoms with Crippen LogP contribution in [0.3, 0.4) is 0 Å². The summed E-state index contributed by atoms with van der Waals surface area (Å²) in [7, 11) is 0. The predicted molar refractivity (Wildman–Crippen MR) is 105 cm³/mol. The van der Waals surface area contributed by atoms with E-state index in [4.69, 9.17) is 0 Å². The fourth-order valence-corrected chi connectivity index (χ4v) is 4.51. The van der Waals surface area contributed by atoms with E-state index in [1.165, 1.54) is 24.8 Å². The van der Waals surface area contributed by atoms with Crippen molar-refractivity contribution in [2.45, 2.75) is 51.9 Å². The normalized spacial score (nSPS) is 28.2. The van der Waals surface area contributed by atoms with Crippen LogP contribution in [0.1, 0.15) is 60.8 Å². The SMILES string of the molecule is C[C@@H]1[C@H](C)CCC[C@@H]1N[C@@H]1c2ccccc2C(=O)N1Cc1ccccc1. The van der Waals surface area contributed by atoms with Crippen molar-refractivity contribution in [2.24, 2.45) is 11.8 Å². The summed E-state index contributed by atoms with van der Waals surface area (Å²) >= 11 is 0. The number of benzene rings is 2. The van der Waals surface area contributed by atoms with Crippen molar-refractivity contribution in [3.8, 4) is 0 Å². The Kier molecular flexibility index (Phi) is 4.82. The van der Waals surface area contributed by atoms with Gasteiger partial charge in [0, 0.05) is 23.7 Å². The predicted octanol–water partition coefficient (Wildman–Crippen LogP) is 4.76. The molecule has 136 valence electrons. The summed E-state index contributed by atoms with van der Waals surface area (Å²) in [5.74, 6) is 1.50. The molecule has 0 unspecified atom stereocenters. The van der Waals surface area contributed by atoms with E-state index < -0.39 is 0 Å². The molecule has 3 heteroatoms. The molecule has 4 rings (SSSR count). The minimum Gasteiger partial charge on any atom is -0.315 e. The second-order valence-electron chi connectivity index (χ2n) is 7.95. The van der Waals surface area contributed by atoms with Crippen LogP contribution in [0.2, 0.25) is 0 Å². The zero-order valence-corrected chi connectivity index (χ0v) is 15.7. The van der Waals surface area contributed by atoms with Gasteiger partial charge in [-0.1, -0.05) is 75.2 Å². The third-order valence-corrected chi connectivity index (χ3v) is 6.33. The van der Waals surface area contributed by atoms with E-state index in [9.17, 15) is 4.79 Å². The zero-order chi connectivity index (χ0) is 18.1. The minimum absolute atomic E-state index is 0.0309. The first kappa shape index (κ1) is 17.3. The van der Waals surface area contributed by atoms with Crippen LogP contribution in [0, 0.1) is 11.8 Å². The number of nitrogens with one attached hydrogen (secondary N) is 1. The van der Waals surface area contributed by atoms with Crippen LogP contribution in [0.5, 0.6) is 0 Å². The van der Waals surface area contributed by atoms with Crippen LogP contribution in [0.25, 0.3) is 0 Å². The van der Waals surface area contributed by atoms with Gasteiger partial charge in [-0.2, -0.15) is 0 Å². The van der Waals surface area contributed by atoms with Crippen LogP contribution >= 0.6 is 0 Å². The maximum atomic E-state index is 13.1. The quantitative estimate of drug-likeness (QED) is 0.864. The van der Waals surface area contributed by atoms with Crippen LogP contribution < -0.4 is 5.32 Å². The van der Waals surface area contributed by atoms with Gasteiger partial charge >= 0.3 is 0 Å². The highest BCUT2D eigenvalue weighted by Crippen LogP contribution is 2.36. The van der Waals surface area contributed by atoms with Crippen LogP contribution in [-0.4, -0.2) is 16.8 Å². The van der Waals surface area contributed by atoms with Gasteiger partial charge in [-0.15, -0.1) is 0 Å². The summed E-state index contributed by atoms with van der Waals surface area (Å²) in [4.78, 5) is 15.1. The molecule has 0 radical (unpaired) electrons.